The summed E-state index contributed by atoms with van der Waals surface area (Å²) < 4.78 is 5.41. The lowest BCUT2D eigenvalue weighted by molar-refractivity contribution is -0.124. The van der Waals surface area contributed by atoms with Crippen LogP contribution in [-0.4, -0.2) is 55.5 Å². The van der Waals surface area contributed by atoms with Gasteiger partial charge in [-0.05, 0) is 50.5 Å². The van der Waals surface area contributed by atoms with Crippen molar-refractivity contribution < 1.29 is 9.53 Å². The number of aliphatic imine (C=N–C) groups is 1. The van der Waals surface area contributed by atoms with E-state index in [1.807, 2.05) is 17.9 Å². The number of hydrogen-bond donors (Lipinski definition) is 0. The molecule has 2 aliphatic heterocycles. The molecule has 27 heavy (non-hydrogen) atoms. The molecule has 1 unspecified atom stereocenters. The second kappa shape index (κ2) is 9.18. The number of likely N-dealkylation sites (N-methyl/N-ethyl adjacent to an activating group) is 1. The molecule has 0 aliphatic carbocycles. The van der Waals surface area contributed by atoms with Gasteiger partial charge >= 0.3 is 0 Å². The van der Waals surface area contributed by atoms with Gasteiger partial charge in [0.15, 0.2) is 0 Å². The number of carbonyl (C=O) groups is 1. The molecule has 2 fully saturated rings. The molecule has 0 aromatic heterocycles. The van der Waals surface area contributed by atoms with Crippen molar-refractivity contribution in [1.82, 2.24) is 4.90 Å². The van der Waals surface area contributed by atoms with E-state index in [0.29, 0.717) is 6.54 Å². The molecule has 0 radical (unpaired) electrons. The van der Waals surface area contributed by atoms with Crippen LogP contribution in [0.2, 0.25) is 0 Å². The van der Waals surface area contributed by atoms with Crippen molar-refractivity contribution in [1.29, 1.82) is 0 Å². The number of anilines is 1. The van der Waals surface area contributed by atoms with Crippen LogP contribution in [0.1, 0.15) is 45.6 Å². The predicted octanol–water partition coefficient (Wildman–Crippen LogP) is 3.75. The Morgan fingerprint density at radius 3 is 2.48 bits per heavy atom. The molecule has 0 N–H and O–H groups in total. The first-order chi connectivity index (χ1) is 13.1. The van der Waals surface area contributed by atoms with Crippen LogP contribution in [0, 0.1) is 0 Å². The molecular formula is C22H31N3O2. The monoisotopic (exact) mass is 369 g/mol. The fourth-order valence-electron chi connectivity index (χ4n) is 3.52. The summed E-state index contributed by atoms with van der Waals surface area (Å²) in [7, 11) is 0. The highest BCUT2D eigenvalue weighted by Crippen LogP contribution is 2.24. The lowest BCUT2D eigenvalue weighted by atomic mass is 9.99. The Morgan fingerprint density at radius 2 is 1.85 bits per heavy atom. The maximum absolute atomic E-state index is 12.9. The van der Waals surface area contributed by atoms with E-state index >= 15 is 0 Å². The Morgan fingerprint density at radius 1 is 1.15 bits per heavy atom. The van der Waals surface area contributed by atoms with Crippen molar-refractivity contribution >= 4 is 23.5 Å². The van der Waals surface area contributed by atoms with E-state index < -0.39 is 0 Å². The number of morpholine rings is 1. The van der Waals surface area contributed by atoms with Gasteiger partial charge in [-0.1, -0.05) is 19.1 Å². The number of rotatable bonds is 5. The zero-order valence-corrected chi connectivity index (χ0v) is 16.8. The quantitative estimate of drug-likeness (QED) is 0.743. The van der Waals surface area contributed by atoms with E-state index in [2.05, 4.69) is 43.0 Å². The van der Waals surface area contributed by atoms with E-state index in [0.717, 1.165) is 62.5 Å². The third-order valence-corrected chi connectivity index (χ3v) is 5.34. The zero-order chi connectivity index (χ0) is 19.2. The number of hydrogen-bond acceptors (Lipinski definition) is 4. The number of carbonyl (C=O) groups excluding carboxylic acids is 1. The Bertz CT molecular complexity index is 703. The van der Waals surface area contributed by atoms with Gasteiger partial charge in [-0.2, -0.15) is 0 Å². The van der Waals surface area contributed by atoms with Crippen molar-refractivity contribution in [3.8, 4) is 0 Å². The second-order valence-corrected chi connectivity index (χ2v) is 7.21. The number of amides is 1. The normalized spacial score (nSPS) is 22.6. The van der Waals surface area contributed by atoms with E-state index in [4.69, 9.17) is 9.73 Å². The minimum Gasteiger partial charge on any atom is -0.378 e. The number of likely N-dealkylation sites (tertiary alicyclic amines) is 1. The predicted molar refractivity (Wildman–Crippen MR) is 111 cm³/mol. The van der Waals surface area contributed by atoms with Crippen molar-refractivity contribution in [2.75, 3.05) is 37.7 Å². The van der Waals surface area contributed by atoms with Crippen molar-refractivity contribution in [2.24, 2.45) is 4.99 Å². The van der Waals surface area contributed by atoms with E-state index in [1.165, 1.54) is 5.69 Å². The SMILES string of the molecule is CCC(C)/N=C1/CC/C(=C/c2ccc(N3CCOCC3)cc2)C(=O)N1CC. The van der Waals surface area contributed by atoms with E-state index in [1.54, 1.807) is 0 Å². The summed E-state index contributed by atoms with van der Waals surface area (Å²) in [6.45, 7) is 10.4. The molecule has 0 bridgehead atoms. The lowest BCUT2D eigenvalue weighted by Gasteiger charge is -2.30. The molecule has 1 atom stereocenters. The van der Waals surface area contributed by atoms with Crippen LogP contribution in [-0.2, 0) is 9.53 Å². The smallest absolute Gasteiger partial charge is 0.255 e. The lowest BCUT2D eigenvalue weighted by Crippen LogP contribution is -2.41. The highest BCUT2D eigenvalue weighted by atomic mass is 16.5. The largest absolute Gasteiger partial charge is 0.378 e. The van der Waals surface area contributed by atoms with Gasteiger partial charge in [0.1, 0.15) is 5.84 Å². The Hall–Kier alpha value is -2.14. The van der Waals surface area contributed by atoms with Crippen LogP contribution in [0.15, 0.2) is 34.8 Å². The van der Waals surface area contributed by atoms with Crippen LogP contribution >= 0.6 is 0 Å². The summed E-state index contributed by atoms with van der Waals surface area (Å²) in [5.41, 5.74) is 3.17. The third-order valence-electron chi connectivity index (χ3n) is 5.34. The highest BCUT2D eigenvalue weighted by molar-refractivity contribution is 6.11. The first-order valence-corrected chi connectivity index (χ1v) is 10.1. The molecule has 5 nitrogen and oxygen atoms in total. The van der Waals surface area contributed by atoms with Crippen LogP contribution in [0.25, 0.3) is 6.08 Å². The maximum atomic E-state index is 12.9. The van der Waals surface area contributed by atoms with Gasteiger partial charge in [0.2, 0.25) is 0 Å². The Labute approximate surface area is 162 Å². The van der Waals surface area contributed by atoms with Gasteiger partial charge in [0.25, 0.3) is 5.91 Å². The Balaban J connectivity index is 1.73. The molecule has 2 aliphatic rings. The summed E-state index contributed by atoms with van der Waals surface area (Å²) in [4.78, 5) is 21.8. The summed E-state index contributed by atoms with van der Waals surface area (Å²) in [6, 6.07) is 8.74. The molecule has 1 amide bonds. The number of benzene rings is 1. The topological polar surface area (TPSA) is 45.1 Å². The minimum atomic E-state index is 0.100. The summed E-state index contributed by atoms with van der Waals surface area (Å²) in [5, 5.41) is 0. The average molecular weight is 370 g/mol. The van der Waals surface area contributed by atoms with Crippen LogP contribution in [0.5, 0.6) is 0 Å². The molecule has 1 aromatic rings. The number of ether oxygens (including phenoxy) is 1. The fraction of sp³-hybridized carbons (Fsp3) is 0.545. The van der Waals surface area contributed by atoms with Gasteiger partial charge in [-0.25, -0.2) is 0 Å². The standard InChI is InChI=1S/C22H31N3O2/c1-4-17(3)23-21-11-8-19(22(26)25(21)5-2)16-18-6-9-20(10-7-18)24-12-14-27-15-13-24/h6-7,9-10,16-17H,4-5,8,11-15H2,1-3H3/b19-16-,23-21-. The number of amidine groups is 1. The van der Waals surface area contributed by atoms with Gasteiger partial charge in [0, 0.05) is 43.4 Å². The van der Waals surface area contributed by atoms with Crippen molar-refractivity contribution in [2.45, 2.75) is 46.1 Å². The molecule has 3 rings (SSSR count). The van der Waals surface area contributed by atoms with Gasteiger partial charge < -0.3 is 9.64 Å². The molecule has 0 spiro atoms. The van der Waals surface area contributed by atoms with Crippen molar-refractivity contribution in [3.63, 3.8) is 0 Å². The van der Waals surface area contributed by atoms with E-state index in [-0.39, 0.29) is 11.9 Å². The van der Waals surface area contributed by atoms with Crippen LogP contribution < -0.4 is 4.90 Å². The summed E-state index contributed by atoms with van der Waals surface area (Å²) in [6.07, 6.45) is 4.62. The first kappa shape index (κ1) is 19.6. The summed E-state index contributed by atoms with van der Waals surface area (Å²) in [5.74, 6) is 1.04. The number of nitrogens with zero attached hydrogens (tertiary/aromatic N) is 3. The molecule has 0 saturated carbocycles. The molecule has 1 aromatic carbocycles. The minimum absolute atomic E-state index is 0.100. The van der Waals surface area contributed by atoms with Crippen LogP contribution in [0.4, 0.5) is 5.69 Å². The van der Waals surface area contributed by atoms with E-state index in [9.17, 15) is 4.79 Å². The maximum Gasteiger partial charge on any atom is 0.255 e. The first-order valence-electron chi connectivity index (χ1n) is 10.1. The second-order valence-electron chi connectivity index (χ2n) is 7.21. The molecule has 146 valence electrons. The Kier molecular flexibility index (Phi) is 6.67. The average Bonchev–Trinajstić information content (AvgIpc) is 2.71. The molecule has 2 saturated heterocycles. The van der Waals surface area contributed by atoms with Gasteiger partial charge in [-0.15, -0.1) is 0 Å². The molecule has 5 heteroatoms. The van der Waals surface area contributed by atoms with Gasteiger partial charge in [-0.3, -0.25) is 14.7 Å². The van der Waals surface area contributed by atoms with Gasteiger partial charge in [0.05, 0.1) is 13.2 Å². The molecule has 2 heterocycles. The summed E-state index contributed by atoms with van der Waals surface area (Å²) >= 11 is 0. The van der Waals surface area contributed by atoms with Crippen molar-refractivity contribution in [3.05, 3.63) is 35.4 Å². The molecular weight excluding hydrogens is 338 g/mol. The number of piperidine rings is 1. The highest BCUT2D eigenvalue weighted by Gasteiger charge is 2.27. The third kappa shape index (κ3) is 4.78. The zero-order valence-electron chi connectivity index (χ0n) is 16.8. The fourth-order valence-corrected chi connectivity index (χ4v) is 3.52. The van der Waals surface area contributed by atoms with Crippen LogP contribution in [0.3, 0.4) is 0 Å².